The van der Waals surface area contributed by atoms with E-state index in [4.69, 9.17) is 4.74 Å². The Bertz CT molecular complexity index is 758. The number of thioether (sulfide) groups is 1. The van der Waals surface area contributed by atoms with E-state index in [-0.39, 0.29) is 17.8 Å². The quantitative estimate of drug-likeness (QED) is 0.541. The molecule has 1 aliphatic rings. The largest absolute Gasteiger partial charge is 0.444 e. The summed E-state index contributed by atoms with van der Waals surface area (Å²) in [4.78, 5) is 24.4. The Morgan fingerprint density at radius 3 is 2.54 bits per heavy atom. The van der Waals surface area contributed by atoms with Crippen molar-refractivity contribution in [1.82, 2.24) is 15.8 Å². The lowest BCUT2D eigenvalue weighted by Gasteiger charge is -2.27. The number of ether oxygens (including phenoxy) is 1. The number of nitro groups is 1. The number of hydrogen-bond acceptors (Lipinski definition) is 7. The zero-order chi connectivity index (χ0) is 21.1. The molecule has 2 N–H and O–H groups in total. The van der Waals surface area contributed by atoms with Gasteiger partial charge in [-0.25, -0.2) is 10.2 Å². The molecule has 1 aromatic carbocycles. The number of non-ortho nitro benzene ring substituents is 1. The molecule has 0 radical (unpaired) electrons. The topological polar surface area (TPSA) is 96.7 Å². The Morgan fingerprint density at radius 2 is 2.00 bits per heavy atom. The maximum atomic E-state index is 11.9. The molecule has 0 bridgehead atoms. The highest BCUT2D eigenvalue weighted by Gasteiger charge is 2.28. The molecule has 0 saturated carbocycles. The first-order chi connectivity index (χ1) is 13.0. The lowest BCUT2D eigenvalue weighted by molar-refractivity contribution is -0.384. The highest BCUT2D eigenvalue weighted by molar-refractivity contribution is 8.03. The summed E-state index contributed by atoms with van der Waals surface area (Å²) in [6, 6.07) is 6.52. The molecular weight excluding hydrogens is 380 g/mol. The number of nitro benzene ring substituents is 1. The van der Waals surface area contributed by atoms with Crippen LogP contribution in [-0.2, 0) is 4.74 Å². The van der Waals surface area contributed by atoms with Crippen LogP contribution in [0.25, 0.3) is 0 Å². The molecule has 0 aromatic heterocycles. The monoisotopic (exact) mass is 408 g/mol. The van der Waals surface area contributed by atoms with E-state index in [1.54, 1.807) is 23.9 Å². The van der Waals surface area contributed by atoms with Crippen molar-refractivity contribution in [2.45, 2.75) is 64.1 Å². The van der Waals surface area contributed by atoms with Gasteiger partial charge in [-0.1, -0.05) is 11.8 Å². The van der Waals surface area contributed by atoms with E-state index in [0.717, 1.165) is 15.5 Å². The molecule has 9 heteroatoms. The van der Waals surface area contributed by atoms with Gasteiger partial charge in [0.05, 0.1) is 17.5 Å². The molecule has 0 spiro atoms. The number of hydrogen-bond donors (Lipinski definition) is 2. The summed E-state index contributed by atoms with van der Waals surface area (Å²) < 4.78 is 5.29. The van der Waals surface area contributed by atoms with Crippen LogP contribution in [0, 0.1) is 10.1 Å². The van der Waals surface area contributed by atoms with Crippen molar-refractivity contribution < 1.29 is 14.5 Å². The zero-order valence-electron chi connectivity index (χ0n) is 17.1. The van der Waals surface area contributed by atoms with Gasteiger partial charge in [0.15, 0.2) is 0 Å². The second-order valence-corrected chi connectivity index (χ2v) is 8.93. The van der Waals surface area contributed by atoms with E-state index in [1.165, 1.54) is 12.1 Å². The van der Waals surface area contributed by atoms with E-state index < -0.39 is 16.6 Å². The Morgan fingerprint density at radius 1 is 1.39 bits per heavy atom. The zero-order valence-corrected chi connectivity index (χ0v) is 17.9. The van der Waals surface area contributed by atoms with Gasteiger partial charge in [0.1, 0.15) is 5.60 Å². The van der Waals surface area contributed by atoms with Crippen LogP contribution >= 0.6 is 11.8 Å². The number of carbonyl (C=O) groups excluding carboxylic acids is 1. The van der Waals surface area contributed by atoms with Crippen LogP contribution in [0.1, 0.15) is 41.5 Å². The second kappa shape index (κ2) is 8.83. The highest BCUT2D eigenvalue weighted by Crippen LogP contribution is 2.36. The van der Waals surface area contributed by atoms with Crippen LogP contribution in [0.4, 0.5) is 10.5 Å². The first-order valence-electron chi connectivity index (χ1n) is 9.12. The molecule has 2 atom stereocenters. The number of allylic oxidation sites excluding steroid dienone is 1. The third kappa shape index (κ3) is 6.13. The van der Waals surface area contributed by atoms with Crippen molar-refractivity contribution >= 4 is 23.5 Å². The Kier molecular flexibility index (Phi) is 6.95. The molecule has 0 fully saturated rings. The Labute approximate surface area is 169 Å². The number of benzene rings is 1. The van der Waals surface area contributed by atoms with Crippen LogP contribution in [0.2, 0.25) is 0 Å². The van der Waals surface area contributed by atoms with Gasteiger partial charge < -0.3 is 15.1 Å². The van der Waals surface area contributed by atoms with Crippen molar-refractivity contribution in [3.05, 3.63) is 45.0 Å². The van der Waals surface area contributed by atoms with Crippen LogP contribution in [0.5, 0.6) is 0 Å². The molecule has 1 aromatic rings. The van der Waals surface area contributed by atoms with Crippen molar-refractivity contribution in [2.75, 3.05) is 6.54 Å². The van der Waals surface area contributed by atoms with Gasteiger partial charge in [0.25, 0.3) is 5.69 Å². The van der Waals surface area contributed by atoms with Crippen molar-refractivity contribution in [2.24, 2.45) is 0 Å². The Hall–Kier alpha value is -2.26. The van der Waals surface area contributed by atoms with E-state index in [2.05, 4.69) is 17.7 Å². The van der Waals surface area contributed by atoms with Crippen molar-refractivity contribution in [3.8, 4) is 0 Å². The lowest BCUT2D eigenvalue weighted by atomic mass is 10.2. The minimum absolute atomic E-state index is 0.0799. The van der Waals surface area contributed by atoms with Crippen LogP contribution in [0.15, 0.2) is 39.8 Å². The predicted octanol–water partition coefficient (Wildman–Crippen LogP) is 4.04. The fourth-order valence-electron chi connectivity index (χ4n) is 2.78. The molecule has 2 unspecified atom stereocenters. The van der Waals surface area contributed by atoms with Gasteiger partial charge >= 0.3 is 6.09 Å². The molecule has 1 heterocycles. The molecule has 2 rings (SSSR count). The fourth-order valence-corrected chi connectivity index (χ4v) is 3.79. The highest BCUT2D eigenvalue weighted by atomic mass is 32.2. The minimum atomic E-state index is -0.533. The first kappa shape index (κ1) is 22.0. The second-order valence-electron chi connectivity index (χ2n) is 7.81. The van der Waals surface area contributed by atoms with E-state index in [0.29, 0.717) is 6.54 Å². The molecule has 0 aliphatic carbocycles. The average Bonchev–Trinajstić information content (AvgIpc) is 2.80. The SMILES string of the molecule is CC1=C(Sc2ccc([N+](=O)[O-])cc2)C(C)NN1CC(C)NC(=O)OC(C)(C)C. The number of carbonyl (C=O) groups is 1. The maximum absolute atomic E-state index is 11.9. The number of amides is 1. The van der Waals surface area contributed by atoms with Gasteiger partial charge in [-0.15, -0.1) is 0 Å². The van der Waals surface area contributed by atoms with Gasteiger partial charge in [-0.2, -0.15) is 0 Å². The van der Waals surface area contributed by atoms with Crippen molar-refractivity contribution in [3.63, 3.8) is 0 Å². The maximum Gasteiger partial charge on any atom is 0.407 e. The summed E-state index contributed by atoms with van der Waals surface area (Å²) in [6.45, 7) is 12.1. The summed E-state index contributed by atoms with van der Waals surface area (Å²) in [7, 11) is 0. The van der Waals surface area contributed by atoms with E-state index >= 15 is 0 Å². The molecule has 154 valence electrons. The lowest BCUT2D eigenvalue weighted by Crippen LogP contribution is -2.47. The molecule has 1 aliphatic heterocycles. The molecule has 1 amide bonds. The molecule has 0 saturated heterocycles. The van der Waals surface area contributed by atoms with E-state index in [1.807, 2.05) is 39.6 Å². The predicted molar refractivity (Wildman–Crippen MR) is 110 cm³/mol. The van der Waals surface area contributed by atoms with Gasteiger partial charge in [-0.3, -0.25) is 10.1 Å². The fraction of sp³-hybridized carbons (Fsp3) is 0.526. The number of hydrazine groups is 1. The van der Waals surface area contributed by atoms with Crippen LogP contribution in [0.3, 0.4) is 0 Å². The standard InChI is InChI=1S/C19H28N4O4S/c1-12(20-18(24)27-19(4,5)6)11-22-14(3)17(13(2)21-22)28-16-9-7-15(8-10-16)23(25)26/h7-10,12-13,21H,11H2,1-6H3,(H,20,24). The summed E-state index contributed by atoms with van der Waals surface area (Å²) >= 11 is 1.58. The normalized spacial score (nSPS) is 18.2. The number of nitrogens with zero attached hydrogens (tertiary/aromatic N) is 2. The summed E-state index contributed by atoms with van der Waals surface area (Å²) in [6.07, 6.45) is -0.436. The molecular formula is C19H28N4O4S. The van der Waals surface area contributed by atoms with Crippen molar-refractivity contribution in [1.29, 1.82) is 0 Å². The van der Waals surface area contributed by atoms with Crippen LogP contribution < -0.4 is 10.7 Å². The van der Waals surface area contributed by atoms with Gasteiger partial charge in [0.2, 0.25) is 0 Å². The Balaban J connectivity index is 1.99. The number of rotatable bonds is 6. The summed E-state index contributed by atoms with van der Waals surface area (Å²) in [5.74, 6) is 0. The molecule has 8 nitrogen and oxygen atoms in total. The average molecular weight is 409 g/mol. The number of nitrogens with one attached hydrogen (secondary N) is 2. The first-order valence-corrected chi connectivity index (χ1v) is 9.94. The third-order valence-electron chi connectivity index (χ3n) is 4.00. The van der Waals surface area contributed by atoms with Gasteiger partial charge in [-0.05, 0) is 53.7 Å². The third-order valence-corrected chi connectivity index (χ3v) is 5.38. The van der Waals surface area contributed by atoms with Gasteiger partial charge in [0, 0.05) is 33.7 Å². The summed E-state index contributed by atoms with van der Waals surface area (Å²) in [5, 5.41) is 15.7. The smallest absolute Gasteiger partial charge is 0.407 e. The summed E-state index contributed by atoms with van der Waals surface area (Å²) in [5.41, 5.74) is 4.00. The number of alkyl carbamates (subject to hydrolysis) is 1. The minimum Gasteiger partial charge on any atom is -0.444 e. The molecule has 28 heavy (non-hydrogen) atoms. The van der Waals surface area contributed by atoms with E-state index in [9.17, 15) is 14.9 Å². The van der Waals surface area contributed by atoms with Crippen LogP contribution in [-0.4, -0.2) is 40.3 Å².